The molecule has 0 heterocycles. The van der Waals surface area contributed by atoms with Gasteiger partial charge in [0.1, 0.15) is 5.04 Å². The highest BCUT2D eigenvalue weighted by Crippen LogP contribution is 2.25. The van der Waals surface area contributed by atoms with E-state index in [1.165, 1.54) is 30.3 Å². The number of allylic oxidation sites excluding steroid dienone is 4. The third kappa shape index (κ3) is 11.3. The molecule has 0 bridgehead atoms. The number of hydrogen-bond donors (Lipinski definition) is 6. The topological polar surface area (TPSA) is 174 Å². The van der Waals surface area contributed by atoms with Gasteiger partial charge in [0.05, 0.1) is 12.8 Å². The maximum absolute atomic E-state index is 10.5. The van der Waals surface area contributed by atoms with Crippen LogP contribution in [0.4, 0.5) is 0 Å². The summed E-state index contributed by atoms with van der Waals surface area (Å²) in [7, 11) is 3.24. The fraction of sp³-hybridized carbons (Fsp3) is 0.278. The normalized spacial score (nSPS) is 14.1. The smallest absolute Gasteiger partial charge is 0.227 e. The summed E-state index contributed by atoms with van der Waals surface area (Å²) in [5, 5.41) is 25.1. The number of carbonyl (C=O) groups is 1. The van der Waals surface area contributed by atoms with Crippen molar-refractivity contribution in [3.63, 3.8) is 0 Å². The van der Waals surface area contributed by atoms with Crippen LogP contribution in [0.1, 0.15) is 12.8 Å². The molecular weight excluding hydrogens is 392 g/mol. The molecule has 0 aromatic rings. The molecule has 11 heteroatoms. The summed E-state index contributed by atoms with van der Waals surface area (Å²) in [6, 6.07) is 0. The van der Waals surface area contributed by atoms with Crippen LogP contribution in [0.3, 0.4) is 0 Å². The van der Waals surface area contributed by atoms with Crippen molar-refractivity contribution in [1.29, 1.82) is 5.41 Å². The number of aliphatic imine (C=N–C) groups is 1. The van der Waals surface area contributed by atoms with Gasteiger partial charge in [0.2, 0.25) is 6.41 Å². The van der Waals surface area contributed by atoms with E-state index < -0.39 is 0 Å². The first-order chi connectivity index (χ1) is 13.9. The molecule has 0 radical (unpaired) electrons. The van der Waals surface area contributed by atoms with Crippen molar-refractivity contribution in [2.24, 2.45) is 26.7 Å². The van der Waals surface area contributed by atoms with Gasteiger partial charge in [0.25, 0.3) is 0 Å². The van der Waals surface area contributed by atoms with Gasteiger partial charge in [-0.3, -0.25) is 9.79 Å². The Bertz CT molecular complexity index is 751. The fourth-order valence-corrected chi connectivity index (χ4v) is 2.79. The fourth-order valence-electron chi connectivity index (χ4n) is 1.87. The maximum atomic E-state index is 10.5. The number of thioether (sulfide) groups is 1. The van der Waals surface area contributed by atoms with Crippen LogP contribution in [0.2, 0.25) is 0 Å². The predicted molar refractivity (Wildman–Crippen MR) is 122 cm³/mol. The number of nitrogens with zero attached hydrogens (tertiary/aromatic N) is 3. The Kier molecular flexibility index (Phi) is 14.1. The van der Waals surface area contributed by atoms with Gasteiger partial charge in [0.15, 0.2) is 0 Å². The van der Waals surface area contributed by atoms with Crippen LogP contribution >= 0.6 is 11.8 Å². The van der Waals surface area contributed by atoms with Crippen LogP contribution in [-0.2, 0) is 4.79 Å². The molecule has 10 nitrogen and oxygen atoms in total. The minimum atomic E-state index is -0.236. The lowest BCUT2D eigenvalue weighted by atomic mass is 10.1. The number of aliphatic hydroxyl groups is 1. The summed E-state index contributed by atoms with van der Waals surface area (Å²) in [6.45, 7) is 3.79. The van der Waals surface area contributed by atoms with E-state index in [1.807, 2.05) is 0 Å². The Morgan fingerprint density at radius 2 is 2.07 bits per heavy atom. The molecule has 158 valence electrons. The number of hydrogen-bond acceptors (Lipinski definition) is 10. The molecular formula is C18H28N8O2S. The van der Waals surface area contributed by atoms with Crippen LogP contribution in [0.15, 0.2) is 61.4 Å². The van der Waals surface area contributed by atoms with E-state index in [1.54, 1.807) is 20.2 Å². The Balaban J connectivity index is 5.64. The molecule has 0 aliphatic rings. The SMILES string of the molecule is C=C(S/C(CC(N)=CC=N)=N\NC)C(/C=N\NC=O)=C/CC(N)=C(C=NC)CO. The van der Waals surface area contributed by atoms with Gasteiger partial charge >= 0.3 is 0 Å². The molecule has 0 atom stereocenters. The number of nitrogens with two attached hydrogens (primary N) is 2. The average molecular weight is 421 g/mol. The zero-order valence-corrected chi connectivity index (χ0v) is 17.4. The Morgan fingerprint density at radius 1 is 1.34 bits per heavy atom. The van der Waals surface area contributed by atoms with Crippen molar-refractivity contribution >= 4 is 41.9 Å². The lowest BCUT2D eigenvalue weighted by Gasteiger charge is -2.10. The molecule has 0 unspecified atom stereocenters. The average Bonchev–Trinajstić information content (AvgIpc) is 2.68. The second-order valence-electron chi connectivity index (χ2n) is 5.30. The molecule has 0 fully saturated rings. The van der Waals surface area contributed by atoms with Crippen molar-refractivity contribution in [3.8, 4) is 0 Å². The van der Waals surface area contributed by atoms with E-state index in [-0.39, 0.29) is 6.61 Å². The molecule has 0 aliphatic carbocycles. The van der Waals surface area contributed by atoms with Gasteiger partial charge in [-0.05, 0) is 6.08 Å². The van der Waals surface area contributed by atoms with Crippen molar-refractivity contribution in [1.82, 2.24) is 10.9 Å². The van der Waals surface area contributed by atoms with Gasteiger partial charge < -0.3 is 27.4 Å². The first-order valence-electron chi connectivity index (χ1n) is 8.41. The van der Waals surface area contributed by atoms with Crippen LogP contribution in [0.25, 0.3) is 0 Å². The van der Waals surface area contributed by atoms with E-state index in [2.05, 4.69) is 32.6 Å². The molecule has 0 spiro atoms. The summed E-state index contributed by atoms with van der Waals surface area (Å²) >= 11 is 1.25. The number of nitrogens with one attached hydrogen (secondary N) is 3. The van der Waals surface area contributed by atoms with Gasteiger partial charge in [-0.2, -0.15) is 10.2 Å². The number of carbonyl (C=O) groups excluding carboxylic acids is 1. The quantitative estimate of drug-likeness (QED) is 0.0836. The first-order valence-corrected chi connectivity index (χ1v) is 9.23. The second-order valence-corrected chi connectivity index (χ2v) is 6.47. The third-order valence-electron chi connectivity index (χ3n) is 3.19. The van der Waals surface area contributed by atoms with Crippen molar-refractivity contribution in [3.05, 3.63) is 46.2 Å². The summed E-state index contributed by atoms with van der Waals surface area (Å²) in [5.74, 6) is 0. The predicted octanol–water partition coefficient (Wildman–Crippen LogP) is 0.602. The zero-order chi connectivity index (χ0) is 22.1. The molecule has 29 heavy (non-hydrogen) atoms. The van der Waals surface area contributed by atoms with Crippen LogP contribution in [-0.4, -0.2) is 55.9 Å². The van der Waals surface area contributed by atoms with Crippen molar-refractivity contribution < 1.29 is 9.90 Å². The Morgan fingerprint density at radius 3 is 2.62 bits per heavy atom. The highest BCUT2D eigenvalue weighted by Gasteiger charge is 2.10. The molecule has 0 rings (SSSR count). The number of hydrazone groups is 2. The molecule has 0 saturated heterocycles. The van der Waals surface area contributed by atoms with Crippen LogP contribution < -0.4 is 22.3 Å². The Hall–Kier alpha value is -3.18. The number of rotatable bonds is 13. The Labute approximate surface area is 174 Å². The van der Waals surface area contributed by atoms with E-state index >= 15 is 0 Å². The minimum Gasteiger partial charge on any atom is -0.402 e. The van der Waals surface area contributed by atoms with Gasteiger partial charge in [-0.25, -0.2) is 5.43 Å². The van der Waals surface area contributed by atoms with Crippen molar-refractivity contribution in [2.45, 2.75) is 12.8 Å². The van der Waals surface area contributed by atoms with E-state index in [0.717, 1.165) is 6.21 Å². The van der Waals surface area contributed by atoms with Crippen LogP contribution in [0.5, 0.6) is 0 Å². The lowest BCUT2D eigenvalue weighted by molar-refractivity contribution is -0.109. The molecule has 0 aromatic carbocycles. The highest BCUT2D eigenvalue weighted by molar-refractivity contribution is 8.17. The van der Waals surface area contributed by atoms with Gasteiger partial charge in [0, 0.05) is 66.8 Å². The largest absolute Gasteiger partial charge is 0.402 e. The maximum Gasteiger partial charge on any atom is 0.227 e. The summed E-state index contributed by atoms with van der Waals surface area (Å²) in [4.78, 5) is 14.9. The monoisotopic (exact) mass is 420 g/mol. The first kappa shape index (κ1) is 25.8. The molecule has 8 N–H and O–H groups in total. The number of amides is 1. The molecule has 0 saturated carbocycles. The molecule has 0 aromatic heterocycles. The molecule has 1 amide bonds. The standard InChI is InChI=1S/C18H28N8O2S/c1-13(29-18(26-23-3)8-16(20)6-7-19)14(10-24-25-12-28)4-5-17(21)15(11-27)9-22-2/h4,6-7,9-10,12,19,23,27H,1,5,8,11,20-21H2,2-3H3,(H,25,28)/b14-4+,16-6?,17-15?,19-7?,22-9?,24-10-,26-18-. The van der Waals surface area contributed by atoms with E-state index in [0.29, 0.717) is 51.7 Å². The van der Waals surface area contributed by atoms with E-state index in [4.69, 9.17) is 16.9 Å². The van der Waals surface area contributed by atoms with Crippen LogP contribution in [0, 0.1) is 5.41 Å². The third-order valence-corrected chi connectivity index (χ3v) is 4.15. The summed E-state index contributed by atoms with van der Waals surface area (Å²) in [6.07, 6.45) is 8.31. The van der Waals surface area contributed by atoms with E-state index in [9.17, 15) is 9.90 Å². The zero-order valence-electron chi connectivity index (χ0n) is 16.6. The summed E-state index contributed by atoms with van der Waals surface area (Å²) in [5.41, 5.74) is 18.8. The molecule has 0 aliphatic heterocycles. The van der Waals surface area contributed by atoms with Gasteiger partial charge in [-0.15, -0.1) is 0 Å². The van der Waals surface area contributed by atoms with Crippen molar-refractivity contribution in [2.75, 3.05) is 20.7 Å². The minimum absolute atomic E-state index is 0.236. The van der Waals surface area contributed by atoms with Gasteiger partial charge in [-0.1, -0.05) is 24.4 Å². The highest BCUT2D eigenvalue weighted by atomic mass is 32.2. The number of aliphatic hydroxyl groups excluding tert-OH is 1. The second kappa shape index (κ2) is 15.8. The summed E-state index contributed by atoms with van der Waals surface area (Å²) < 4.78 is 0. The lowest BCUT2D eigenvalue weighted by Crippen LogP contribution is -2.09.